The van der Waals surface area contributed by atoms with Gasteiger partial charge in [0.05, 0.1) is 0 Å². The Balaban J connectivity index is 4.85. The molecule has 0 spiro atoms. The summed E-state index contributed by atoms with van der Waals surface area (Å²) in [6, 6.07) is 0. The number of carbonyl (C=O) groups is 2. The number of aliphatic carboxylic acids is 1. The fourth-order valence-electron chi connectivity index (χ4n) is 1.09. The van der Waals surface area contributed by atoms with Gasteiger partial charge in [-0.2, -0.15) is 8.78 Å². The minimum atomic E-state index is -4.50. The summed E-state index contributed by atoms with van der Waals surface area (Å²) in [6.45, 7) is 2.35. The van der Waals surface area contributed by atoms with E-state index in [1.165, 1.54) is 13.8 Å². The van der Waals surface area contributed by atoms with Gasteiger partial charge in [0, 0.05) is 12.2 Å². The minimum absolute atomic E-state index is 0.361. The Bertz CT molecular complexity index is 339. The SMILES string of the molecule is CC(C)C(OC(=O)C=CC(=O)O)C(F)(F)C(F)F. The van der Waals surface area contributed by atoms with Crippen LogP contribution in [0.5, 0.6) is 0 Å². The number of alkyl halides is 4. The molecule has 0 aromatic heterocycles. The van der Waals surface area contributed by atoms with Crippen LogP contribution in [0.1, 0.15) is 13.8 Å². The fraction of sp³-hybridized carbons (Fsp3) is 0.600. The van der Waals surface area contributed by atoms with E-state index in [0.717, 1.165) is 0 Å². The molecular weight excluding hydrogens is 260 g/mol. The van der Waals surface area contributed by atoms with Crippen LogP contribution in [0.15, 0.2) is 12.2 Å². The van der Waals surface area contributed by atoms with E-state index in [-0.39, 0.29) is 0 Å². The van der Waals surface area contributed by atoms with Gasteiger partial charge in [-0.15, -0.1) is 0 Å². The van der Waals surface area contributed by atoms with Crippen molar-refractivity contribution in [2.24, 2.45) is 5.92 Å². The van der Waals surface area contributed by atoms with Crippen molar-refractivity contribution < 1.29 is 37.0 Å². The van der Waals surface area contributed by atoms with Crippen molar-refractivity contribution in [3.8, 4) is 0 Å². The number of carboxylic acids is 1. The molecule has 8 heteroatoms. The molecule has 0 saturated carbocycles. The number of carboxylic acid groups (broad SMARTS) is 1. The number of carbonyl (C=O) groups excluding carboxylic acids is 1. The molecule has 0 aliphatic heterocycles. The first-order valence-corrected chi connectivity index (χ1v) is 4.86. The molecule has 18 heavy (non-hydrogen) atoms. The number of rotatable bonds is 6. The molecule has 4 nitrogen and oxygen atoms in total. The molecule has 1 atom stereocenters. The van der Waals surface area contributed by atoms with Crippen LogP contribution in [0.3, 0.4) is 0 Å². The first kappa shape index (κ1) is 16.4. The number of ether oxygens (including phenoxy) is 1. The van der Waals surface area contributed by atoms with Crippen LogP contribution >= 0.6 is 0 Å². The summed E-state index contributed by atoms with van der Waals surface area (Å²) in [5, 5.41) is 8.19. The second-order valence-corrected chi connectivity index (χ2v) is 3.75. The van der Waals surface area contributed by atoms with E-state index < -0.39 is 36.3 Å². The Morgan fingerprint density at radius 2 is 1.72 bits per heavy atom. The van der Waals surface area contributed by atoms with Gasteiger partial charge in [0.15, 0.2) is 6.10 Å². The molecule has 0 aromatic carbocycles. The number of esters is 1. The van der Waals surface area contributed by atoms with E-state index in [9.17, 15) is 27.2 Å². The molecule has 0 radical (unpaired) electrons. The molecule has 1 N–H and O–H groups in total. The van der Waals surface area contributed by atoms with Crippen molar-refractivity contribution in [3.63, 3.8) is 0 Å². The maximum atomic E-state index is 13.1. The third-order valence-corrected chi connectivity index (χ3v) is 1.88. The maximum Gasteiger partial charge on any atom is 0.343 e. The normalized spacial score (nSPS) is 14.2. The summed E-state index contributed by atoms with van der Waals surface area (Å²) in [6.07, 6.45) is -5.58. The minimum Gasteiger partial charge on any atom is -0.478 e. The Morgan fingerprint density at radius 1 is 1.22 bits per heavy atom. The van der Waals surface area contributed by atoms with Crippen LogP contribution in [0, 0.1) is 5.92 Å². The molecule has 104 valence electrons. The van der Waals surface area contributed by atoms with Crippen LogP contribution in [-0.4, -0.2) is 35.5 Å². The highest BCUT2D eigenvalue weighted by Crippen LogP contribution is 2.33. The number of hydrogen-bond acceptors (Lipinski definition) is 3. The Morgan fingerprint density at radius 3 is 2.06 bits per heavy atom. The number of hydrogen-bond donors (Lipinski definition) is 1. The maximum absolute atomic E-state index is 13.1. The average Bonchev–Trinajstić information content (AvgIpc) is 2.21. The van der Waals surface area contributed by atoms with Gasteiger partial charge >= 0.3 is 24.3 Å². The molecule has 0 heterocycles. The zero-order valence-corrected chi connectivity index (χ0v) is 9.57. The molecule has 0 saturated heterocycles. The lowest BCUT2D eigenvalue weighted by Crippen LogP contribution is -2.46. The van der Waals surface area contributed by atoms with Crippen LogP contribution in [0.2, 0.25) is 0 Å². The predicted octanol–water partition coefficient (Wildman–Crippen LogP) is 2.10. The van der Waals surface area contributed by atoms with Gasteiger partial charge in [0.2, 0.25) is 0 Å². The summed E-state index contributed by atoms with van der Waals surface area (Å²) in [5.41, 5.74) is 0. The third kappa shape index (κ3) is 4.72. The van der Waals surface area contributed by atoms with Crippen LogP contribution in [0.4, 0.5) is 17.6 Å². The van der Waals surface area contributed by atoms with Crippen LogP contribution in [0.25, 0.3) is 0 Å². The van der Waals surface area contributed by atoms with E-state index in [0.29, 0.717) is 12.2 Å². The summed E-state index contributed by atoms with van der Waals surface area (Å²) >= 11 is 0. The lowest BCUT2D eigenvalue weighted by atomic mass is 10.0. The standard InChI is InChI=1S/C10H12F4O4/c1-5(2)8(10(13,14)9(11)12)18-7(17)4-3-6(15)16/h3-5,8-9H,1-2H3,(H,15,16). The first-order valence-electron chi connectivity index (χ1n) is 4.86. The summed E-state index contributed by atoms with van der Waals surface area (Å²) in [5.74, 6) is -8.47. The van der Waals surface area contributed by atoms with E-state index >= 15 is 0 Å². The third-order valence-electron chi connectivity index (χ3n) is 1.88. The van der Waals surface area contributed by atoms with Crippen molar-refractivity contribution in [2.45, 2.75) is 32.3 Å². The zero-order valence-electron chi connectivity index (χ0n) is 9.57. The van der Waals surface area contributed by atoms with Gasteiger partial charge in [-0.25, -0.2) is 18.4 Å². The summed E-state index contributed by atoms with van der Waals surface area (Å²) in [4.78, 5) is 21.0. The number of halogens is 4. The molecule has 0 aliphatic carbocycles. The molecule has 1 unspecified atom stereocenters. The highest BCUT2D eigenvalue weighted by Gasteiger charge is 2.52. The van der Waals surface area contributed by atoms with Gasteiger partial charge in [-0.1, -0.05) is 13.8 Å². The zero-order chi connectivity index (χ0) is 14.5. The Kier molecular flexibility index (Phi) is 5.80. The summed E-state index contributed by atoms with van der Waals surface area (Å²) < 4.78 is 54.5. The molecule has 0 aliphatic rings. The first-order chi connectivity index (χ1) is 8.09. The van der Waals surface area contributed by atoms with Crippen LogP contribution < -0.4 is 0 Å². The molecule has 0 fully saturated rings. The van der Waals surface area contributed by atoms with Gasteiger partial charge in [-0.3, -0.25) is 0 Å². The van der Waals surface area contributed by atoms with Gasteiger partial charge < -0.3 is 9.84 Å². The fourth-order valence-corrected chi connectivity index (χ4v) is 1.09. The molecular formula is C10H12F4O4. The second kappa shape index (κ2) is 6.36. The van der Waals surface area contributed by atoms with E-state index in [1.807, 2.05) is 0 Å². The van der Waals surface area contributed by atoms with Gasteiger partial charge in [0.1, 0.15) is 0 Å². The van der Waals surface area contributed by atoms with Crippen molar-refractivity contribution in [1.29, 1.82) is 0 Å². The Labute approximate surface area is 100 Å². The average molecular weight is 272 g/mol. The van der Waals surface area contributed by atoms with Crippen molar-refractivity contribution in [3.05, 3.63) is 12.2 Å². The molecule has 0 aromatic rings. The smallest absolute Gasteiger partial charge is 0.343 e. The van der Waals surface area contributed by atoms with Gasteiger partial charge in [0.25, 0.3) is 0 Å². The van der Waals surface area contributed by atoms with Crippen LogP contribution in [-0.2, 0) is 14.3 Å². The van der Waals surface area contributed by atoms with Crippen molar-refractivity contribution in [2.75, 3.05) is 0 Å². The lowest BCUT2D eigenvalue weighted by molar-refractivity contribution is -0.216. The molecule has 0 bridgehead atoms. The molecule has 0 rings (SSSR count). The quantitative estimate of drug-likeness (QED) is 0.457. The second-order valence-electron chi connectivity index (χ2n) is 3.75. The largest absolute Gasteiger partial charge is 0.478 e. The van der Waals surface area contributed by atoms with Gasteiger partial charge in [-0.05, 0) is 5.92 Å². The van der Waals surface area contributed by atoms with E-state index in [4.69, 9.17) is 5.11 Å². The predicted molar refractivity (Wildman–Crippen MR) is 52.4 cm³/mol. The monoisotopic (exact) mass is 272 g/mol. The Hall–Kier alpha value is -1.60. The molecule has 0 amide bonds. The highest BCUT2D eigenvalue weighted by atomic mass is 19.3. The topological polar surface area (TPSA) is 63.6 Å². The lowest BCUT2D eigenvalue weighted by Gasteiger charge is -2.28. The van der Waals surface area contributed by atoms with Crippen molar-refractivity contribution >= 4 is 11.9 Å². The highest BCUT2D eigenvalue weighted by molar-refractivity contribution is 5.90. The van der Waals surface area contributed by atoms with E-state index in [1.54, 1.807) is 0 Å². The van der Waals surface area contributed by atoms with E-state index in [2.05, 4.69) is 4.74 Å². The van der Waals surface area contributed by atoms with Crippen molar-refractivity contribution in [1.82, 2.24) is 0 Å². The summed E-state index contributed by atoms with van der Waals surface area (Å²) in [7, 11) is 0.